The number of hydrogen-bond donors (Lipinski definition) is 2. The molecule has 6 heteroatoms. The molecule has 2 aliphatic heterocycles. The normalized spacial score (nSPS) is 22.7. The first-order valence-electron chi connectivity index (χ1n) is 8.07. The minimum Gasteiger partial charge on any atom is -0.489 e. The van der Waals surface area contributed by atoms with Crippen molar-refractivity contribution >= 4 is 11.6 Å². The summed E-state index contributed by atoms with van der Waals surface area (Å²) >= 11 is 0. The van der Waals surface area contributed by atoms with Crippen molar-refractivity contribution in [1.82, 2.24) is 5.32 Å². The van der Waals surface area contributed by atoms with Gasteiger partial charge in [-0.15, -0.1) is 0 Å². The third-order valence-electron chi connectivity index (χ3n) is 4.46. The van der Waals surface area contributed by atoms with Crippen molar-refractivity contribution in [2.75, 3.05) is 38.8 Å². The number of aliphatic hydroxyl groups is 1. The molecule has 0 aromatic heterocycles. The van der Waals surface area contributed by atoms with Gasteiger partial charge in [0.1, 0.15) is 24.0 Å². The second-order valence-electron chi connectivity index (χ2n) is 6.13. The number of likely N-dealkylation sites (N-methyl/N-ethyl adjacent to an activating group) is 2. The molecule has 128 valence electrons. The molecule has 24 heavy (non-hydrogen) atoms. The van der Waals surface area contributed by atoms with Gasteiger partial charge < -0.3 is 24.8 Å². The summed E-state index contributed by atoms with van der Waals surface area (Å²) < 4.78 is 11.0. The molecule has 3 rings (SSSR count). The van der Waals surface area contributed by atoms with Crippen LogP contribution in [0.25, 0.3) is 0 Å². The SMILES string of the molecule is CNC1COc2ccc(C#CC3(O)CCOCC3)cc2N(C)C1=O. The molecular formula is C18H22N2O4. The summed E-state index contributed by atoms with van der Waals surface area (Å²) in [5.74, 6) is 6.57. The Labute approximate surface area is 141 Å². The largest absolute Gasteiger partial charge is 0.489 e. The maximum atomic E-state index is 12.4. The van der Waals surface area contributed by atoms with E-state index < -0.39 is 5.60 Å². The third kappa shape index (κ3) is 3.39. The fourth-order valence-corrected chi connectivity index (χ4v) is 2.81. The van der Waals surface area contributed by atoms with Gasteiger partial charge in [-0.1, -0.05) is 11.8 Å². The Balaban J connectivity index is 1.87. The zero-order chi connectivity index (χ0) is 17.2. The van der Waals surface area contributed by atoms with Gasteiger partial charge in [0.2, 0.25) is 5.91 Å². The average Bonchev–Trinajstić information content (AvgIpc) is 2.71. The molecule has 2 N–H and O–H groups in total. The van der Waals surface area contributed by atoms with E-state index in [4.69, 9.17) is 9.47 Å². The minimum atomic E-state index is -1.000. The Morgan fingerprint density at radius 1 is 1.38 bits per heavy atom. The molecule has 1 aromatic carbocycles. The number of fused-ring (bicyclic) bond motifs is 1. The molecule has 1 fully saturated rings. The van der Waals surface area contributed by atoms with Crippen molar-refractivity contribution in [1.29, 1.82) is 0 Å². The predicted octanol–water partition coefficient (Wildman–Crippen LogP) is 0.523. The van der Waals surface area contributed by atoms with Gasteiger partial charge >= 0.3 is 0 Å². The summed E-state index contributed by atoms with van der Waals surface area (Å²) in [5, 5.41) is 13.4. The molecule has 0 radical (unpaired) electrons. The Morgan fingerprint density at radius 2 is 2.12 bits per heavy atom. The van der Waals surface area contributed by atoms with Crippen molar-refractivity contribution in [3.63, 3.8) is 0 Å². The number of carbonyl (C=O) groups excluding carboxylic acids is 1. The number of carbonyl (C=O) groups is 1. The summed E-state index contributed by atoms with van der Waals surface area (Å²) in [6.07, 6.45) is 1.02. The lowest BCUT2D eigenvalue weighted by Crippen LogP contribution is -2.45. The van der Waals surface area contributed by atoms with E-state index in [1.54, 1.807) is 19.0 Å². The molecular weight excluding hydrogens is 308 g/mol. The number of amides is 1. The molecule has 6 nitrogen and oxygen atoms in total. The van der Waals surface area contributed by atoms with Crippen LogP contribution in [0.15, 0.2) is 18.2 Å². The van der Waals surface area contributed by atoms with Gasteiger partial charge in [-0.3, -0.25) is 4.79 Å². The van der Waals surface area contributed by atoms with Crippen LogP contribution in [0.4, 0.5) is 5.69 Å². The molecule has 0 spiro atoms. The number of rotatable bonds is 1. The van der Waals surface area contributed by atoms with Gasteiger partial charge in [-0.05, 0) is 25.2 Å². The second kappa shape index (κ2) is 6.81. The van der Waals surface area contributed by atoms with Crippen LogP contribution < -0.4 is 15.0 Å². The van der Waals surface area contributed by atoms with Crippen molar-refractivity contribution < 1.29 is 19.4 Å². The Bertz CT molecular complexity index is 686. The van der Waals surface area contributed by atoms with E-state index >= 15 is 0 Å². The zero-order valence-electron chi connectivity index (χ0n) is 14.0. The maximum Gasteiger partial charge on any atom is 0.247 e. The first-order valence-corrected chi connectivity index (χ1v) is 8.07. The van der Waals surface area contributed by atoms with Crippen LogP contribution in [0.1, 0.15) is 18.4 Å². The number of anilines is 1. The number of hydrogen-bond acceptors (Lipinski definition) is 5. The summed E-state index contributed by atoms with van der Waals surface area (Å²) in [4.78, 5) is 14.0. The molecule has 1 saturated heterocycles. The lowest BCUT2D eigenvalue weighted by Gasteiger charge is -2.26. The molecule has 1 aromatic rings. The summed E-state index contributed by atoms with van der Waals surface area (Å²) in [6.45, 7) is 1.33. The standard InChI is InChI=1S/C18H22N2O4/c1-19-14-12-24-16-4-3-13(11-15(16)20(2)17(14)21)5-6-18(22)7-9-23-10-8-18/h3-4,11,14,19,22H,7-10,12H2,1-2H3. The molecule has 1 amide bonds. The van der Waals surface area contributed by atoms with E-state index in [1.165, 1.54) is 0 Å². The van der Waals surface area contributed by atoms with E-state index in [9.17, 15) is 9.90 Å². The summed E-state index contributed by atoms with van der Waals surface area (Å²) in [6, 6.07) is 5.10. The van der Waals surface area contributed by atoms with Crippen molar-refractivity contribution in [2.45, 2.75) is 24.5 Å². The second-order valence-corrected chi connectivity index (χ2v) is 6.13. The van der Waals surface area contributed by atoms with Gasteiger partial charge in [0.15, 0.2) is 0 Å². The van der Waals surface area contributed by atoms with Crippen LogP contribution in [0.2, 0.25) is 0 Å². The fourth-order valence-electron chi connectivity index (χ4n) is 2.81. The van der Waals surface area contributed by atoms with Crippen LogP contribution in [0.5, 0.6) is 5.75 Å². The zero-order valence-corrected chi connectivity index (χ0v) is 14.0. The quantitative estimate of drug-likeness (QED) is 0.735. The van der Waals surface area contributed by atoms with Crippen LogP contribution >= 0.6 is 0 Å². The number of nitrogens with one attached hydrogen (secondary N) is 1. The maximum absolute atomic E-state index is 12.4. The summed E-state index contributed by atoms with van der Waals surface area (Å²) in [7, 11) is 3.46. The number of nitrogens with zero attached hydrogens (tertiary/aromatic N) is 1. The third-order valence-corrected chi connectivity index (χ3v) is 4.46. The van der Waals surface area contributed by atoms with Gasteiger partial charge in [0.05, 0.1) is 18.9 Å². The molecule has 0 aliphatic carbocycles. The Kier molecular flexibility index (Phi) is 4.76. The van der Waals surface area contributed by atoms with Gasteiger partial charge in [0, 0.05) is 25.5 Å². The van der Waals surface area contributed by atoms with E-state index in [1.807, 2.05) is 18.2 Å². The van der Waals surface area contributed by atoms with Crippen LogP contribution in [0, 0.1) is 11.8 Å². The van der Waals surface area contributed by atoms with Crippen LogP contribution in [0.3, 0.4) is 0 Å². The first-order chi connectivity index (χ1) is 11.5. The highest BCUT2D eigenvalue weighted by Crippen LogP contribution is 2.31. The number of ether oxygens (including phenoxy) is 2. The number of benzene rings is 1. The van der Waals surface area contributed by atoms with E-state index in [0.29, 0.717) is 37.5 Å². The van der Waals surface area contributed by atoms with Crippen LogP contribution in [-0.2, 0) is 9.53 Å². The van der Waals surface area contributed by atoms with Gasteiger partial charge in [0.25, 0.3) is 0 Å². The highest BCUT2D eigenvalue weighted by molar-refractivity contribution is 5.99. The topological polar surface area (TPSA) is 71.0 Å². The predicted molar refractivity (Wildman–Crippen MR) is 90.1 cm³/mol. The van der Waals surface area contributed by atoms with E-state index in [0.717, 1.165) is 5.56 Å². The molecule has 2 heterocycles. The average molecular weight is 330 g/mol. The molecule has 0 saturated carbocycles. The smallest absolute Gasteiger partial charge is 0.247 e. The Morgan fingerprint density at radius 3 is 2.83 bits per heavy atom. The minimum absolute atomic E-state index is 0.0515. The van der Waals surface area contributed by atoms with E-state index in [2.05, 4.69) is 17.2 Å². The van der Waals surface area contributed by atoms with Crippen molar-refractivity contribution in [3.05, 3.63) is 23.8 Å². The summed E-state index contributed by atoms with van der Waals surface area (Å²) in [5.41, 5.74) is 0.420. The van der Waals surface area contributed by atoms with Gasteiger partial charge in [-0.25, -0.2) is 0 Å². The molecule has 0 bridgehead atoms. The lowest BCUT2D eigenvalue weighted by atomic mass is 9.95. The van der Waals surface area contributed by atoms with Gasteiger partial charge in [-0.2, -0.15) is 0 Å². The van der Waals surface area contributed by atoms with Crippen molar-refractivity contribution in [3.8, 4) is 17.6 Å². The Hall–Kier alpha value is -2.07. The highest BCUT2D eigenvalue weighted by atomic mass is 16.5. The first kappa shape index (κ1) is 16.8. The molecule has 1 unspecified atom stereocenters. The van der Waals surface area contributed by atoms with E-state index in [-0.39, 0.29) is 18.6 Å². The lowest BCUT2D eigenvalue weighted by molar-refractivity contribution is -0.120. The fraction of sp³-hybridized carbons (Fsp3) is 0.500. The molecule has 1 atom stereocenters. The van der Waals surface area contributed by atoms with Crippen molar-refractivity contribution in [2.24, 2.45) is 0 Å². The highest BCUT2D eigenvalue weighted by Gasteiger charge is 2.29. The van der Waals surface area contributed by atoms with Crippen LogP contribution in [-0.4, -0.2) is 56.6 Å². The molecule has 2 aliphatic rings. The monoisotopic (exact) mass is 330 g/mol.